The maximum atomic E-state index is 12.3. The minimum absolute atomic E-state index is 0.0615. The van der Waals surface area contributed by atoms with Crippen LogP contribution < -0.4 is 16.0 Å². The van der Waals surface area contributed by atoms with E-state index in [1.807, 2.05) is 54.3 Å². The molecule has 1 aliphatic rings. The van der Waals surface area contributed by atoms with Gasteiger partial charge in [-0.1, -0.05) is 48.0 Å². The van der Waals surface area contributed by atoms with Crippen molar-refractivity contribution in [1.82, 2.24) is 5.32 Å². The third-order valence-electron chi connectivity index (χ3n) is 4.55. The van der Waals surface area contributed by atoms with Crippen LogP contribution in [0.1, 0.15) is 17.5 Å². The highest BCUT2D eigenvalue weighted by molar-refractivity contribution is 6.04. The van der Waals surface area contributed by atoms with E-state index in [-0.39, 0.29) is 18.0 Å². The molecule has 1 fully saturated rings. The Hall–Kier alpha value is -2.17. The average Bonchev–Trinajstić information content (AvgIpc) is 2.61. The van der Waals surface area contributed by atoms with Gasteiger partial charge >= 0.3 is 0 Å². The number of nitrogens with two attached hydrogens (primary N) is 1. The Kier molecular flexibility index (Phi) is 5.28. The number of β-lactam (4-membered cyclic amide) rings is 1. The summed E-state index contributed by atoms with van der Waals surface area (Å²) < 4.78 is 0. The van der Waals surface area contributed by atoms with E-state index in [1.54, 1.807) is 0 Å². The van der Waals surface area contributed by atoms with Crippen LogP contribution in [0.25, 0.3) is 0 Å². The maximum absolute atomic E-state index is 12.3. The Morgan fingerprint density at radius 1 is 1.17 bits per heavy atom. The van der Waals surface area contributed by atoms with Crippen LogP contribution in [0.5, 0.6) is 0 Å². The van der Waals surface area contributed by atoms with Crippen molar-refractivity contribution < 1.29 is 4.79 Å². The van der Waals surface area contributed by atoms with E-state index in [9.17, 15) is 4.79 Å². The molecule has 0 bridgehead atoms. The van der Waals surface area contributed by atoms with Crippen LogP contribution >= 0.6 is 0 Å². The van der Waals surface area contributed by atoms with Gasteiger partial charge in [-0.15, -0.1) is 0 Å². The molecule has 2 aromatic carbocycles. The predicted octanol–water partition coefficient (Wildman–Crippen LogP) is 2.26. The van der Waals surface area contributed by atoms with Crippen LogP contribution in [0.15, 0.2) is 54.6 Å². The van der Waals surface area contributed by atoms with Crippen LogP contribution in [0.2, 0.25) is 0 Å². The number of rotatable bonds is 7. The summed E-state index contributed by atoms with van der Waals surface area (Å²) in [6.07, 6.45) is 1.89. The zero-order chi connectivity index (χ0) is 16.9. The van der Waals surface area contributed by atoms with Crippen molar-refractivity contribution in [2.24, 2.45) is 5.73 Å². The van der Waals surface area contributed by atoms with E-state index in [2.05, 4.69) is 17.4 Å². The Morgan fingerprint density at radius 3 is 2.54 bits per heavy atom. The number of aryl methyl sites for hydroxylation is 2. The summed E-state index contributed by atoms with van der Waals surface area (Å²) in [5.41, 5.74) is 9.64. The summed E-state index contributed by atoms with van der Waals surface area (Å²) in [7, 11) is 0. The maximum Gasteiger partial charge on any atom is 0.246 e. The van der Waals surface area contributed by atoms with Crippen LogP contribution in [0, 0.1) is 6.92 Å². The van der Waals surface area contributed by atoms with Crippen molar-refractivity contribution in [3.05, 3.63) is 65.7 Å². The number of hydrogen-bond acceptors (Lipinski definition) is 3. The molecule has 4 nitrogen and oxygen atoms in total. The van der Waals surface area contributed by atoms with E-state index < -0.39 is 0 Å². The SMILES string of the molecule is Cc1ccc(N2CC(NCC(N)CCc3ccccc3)C2=O)cc1. The van der Waals surface area contributed by atoms with Gasteiger partial charge in [0, 0.05) is 18.3 Å². The zero-order valence-corrected chi connectivity index (χ0v) is 14.1. The van der Waals surface area contributed by atoms with Crippen molar-refractivity contribution in [2.45, 2.75) is 31.8 Å². The van der Waals surface area contributed by atoms with E-state index in [1.165, 1.54) is 11.1 Å². The molecule has 126 valence electrons. The van der Waals surface area contributed by atoms with Gasteiger partial charge in [-0.2, -0.15) is 0 Å². The molecule has 4 heteroatoms. The molecule has 0 spiro atoms. The van der Waals surface area contributed by atoms with Crippen LogP contribution in [0.3, 0.4) is 0 Å². The van der Waals surface area contributed by atoms with E-state index in [0.29, 0.717) is 13.1 Å². The highest BCUT2D eigenvalue weighted by atomic mass is 16.2. The fourth-order valence-corrected chi connectivity index (χ4v) is 2.93. The first-order valence-electron chi connectivity index (χ1n) is 8.54. The Morgan fingerprint density at radius 2 is 1.88 bits per heavy atom. The predicted molar refractivity (Wildman–Crippen MR) is 98.1 cm³/mol. The second kappa shape index (κ2) is 7.60. The van der Waals surface area contributed by atoms with Gasteiger partial charge < -0.3 is 16.0 Å². The first-order chi connectivity index (χ1) is 11.6. The molecule has 24 heavy (non-hydrogen) atoms. The van der Waals surface area contributed by atoms with Gasteiger partial charge in [-0.05, 0) is 37.5 Å². The number of hydrogen-bond donors (Lipinski definition) is 2. The van der Waals surface area contributed by atoms with Gasteiger partial charge in [-0.25, -0.2) is 0 Å². The third kappa shape index (κ3) is 4.02. The smallest absolute Gasteiger partial charge is 0.246 e. The summed E-state index contributed by atoms with van der Waals surface area (Å²) in [5.74, 6) is 0.133. The number of amides is 1. The van der Waals surface area contributed by atoms with Crippen molar-refractivity contribution in [1.29, 1.82) is 0 Å². The van der Waals surface area contributed by atoms with Gasteiger partial charge in [0.2, 0.25) is 5.91 Å². The molecule has 2 unspecified atom stereocenters. The van der Waals surface area contributed by atoms with E-state index in [4.69, 9.17) is 5.73 Å². The lowest BCUT2D eigenvalue weighted by Gasteiger charge is -2.39. The number of nitrogens with zero attached hydrogens (tertiary/aromatic N) is 1. The molecule has 2 atom stereocenters. The second-order valence-corrected chi connectivity index (χ2v) is 6.53. The van der Waals surface area contributed by atoms with Crippen molar-refractivity contribution >= 4 is 11.6 Å². The average molecular weight is 323 g/mol. The quantitative estimate of drug-likeness (QED) is 0.769. The van der Waals surface area contributed by atoms with Crippen LogP contribution in [-0.4, -0.2) is 31.1 Å². The first-order valence-corrected chi connectivity index (χ1v) is 8.54. The number of anilines is 1. The molecule has 0 aromatic heterocycles. The van der Waals surface area contributed by atoms with Gasteiger partial charge in [0.1, 0.15) is 6.04 Å². The van der Waals surface area contributed by atoms with Gasteiger partial charge in [0.25, 0.3) is 0 Å². The van der Waals surface area contributed by atoms with Crippen molar-refractivity contribution in [3.63, 3.8) is 0 Å². The second-order valence-electron chi connectivity index (χ2n) is 6.53. The molecule has 2 aromatic rings. The molecule has 1 saturated heterocycles. The minimum Gasteiger partial charge on any atom is -0.327 e. The lowest BCUT2D eigenvalue weighted by molar-refractivity contribution is -0.124. The fraction of sp³-hybridized carbons (Fsp3) is 0.350. The van der Waals surface area contributed by atoms with E-state index >= 15 is 0 Å². The van der Waals surface area contributed by atoms with Gasteiger partial charge in [0.05, 0.1) is 6.54 Å². The molecule has 3 rings (SSSR count). The Bertz CT molecular complexity index is 669. The lowest BCUT2D eigenvalue weighted by Crippen LogP contribution is -2.64. The highest BCUT2D eigenvalue weighted by Gasteiger charge is 2.37. The third-order valence-corrected chi connectivity index (χ3v) is 4.55. The molecular formula is C20H25N3O. The highest BCUT2D eigenvalue weighted by Crippen LogP contribution is 2.22. The fourth-order valence-electron chi connectivity index (χ4n) is 2.93. The van der Waals surface area contributed by atoms with Crippen molar-refractivity contribution in [3.8, 4) is 0 Å². The summed E-state index contributed by atoms with van der Waals surface area (Å²) in [4.78, 5) is 14.1. The zero-order valence-electron chi connectivity index (χ0n) is 14.1. The van der Waals surface area contributed by atoms with Gasteiger partial charge in [0.15, 0.2) is 0 Å². The first kappa shape index (κ1) is 16.7. The summed E-state index contributed by atoms with van der Waals surface area (Å²) in [6, 6.07) is 18.4. The topological polar surface area (TPSA) is 58.4 Å². The minimum atomic E-state index is -0.103. The Labute approximate surface area is 143 Å². The summed E-state index contributed by atoms with van der Waals surface area (Å²) >= 11 is 0. The number of carbonyl (C=O) groups excluding carboxylic acids is 1. The summed E-state index contributed by atoms with van der Waals surface area (Å²) in [6.45, 7) is 3.43. The molecule has 1 aliphatic heterocycles. The molecule has 1 amide bonds. The van der Waals surface area contributed by atoms with Crippen molar-refractivity contribution in [2.75, 3.05) is 18.0 Å². The van der Waals surface area contributed by atoms with Crippen LogP contribution in [0.4, 0.5) is 5.69 Å². The molecule has 3 N–H and O–H groups in total. The largest absolute Gasteiger partial charge is 0.327 e. The number of carbonyl (C=O) groups is 1. The van der Waals surface area contributed by atoms with Gasteiger partial charge in [-0.3, -0.25) is 4.79 Å². The molecule has 1 heterocycles. The molecule has 0 saturated carbocycles. The number of benzene rings is 2. The summed E-state index contributed by atoms with van der Waals surface area (Å²) in [5, 5.41) is 3.30. The van der Waals surface area contributed by atoms with E-state index in [0.717, 1.165) is 18.5 Å². The standard InChI is InChI=1S/C20H25N3O/c1-15-7-11-18(12-8-15)23-14-19(20(23)24)22-13-17(21)10-9-16-5-3-2-4-6-16/h2-8,11-12,17,19,22H,9-10,13-14,21H2,1H3. The molecule has 0 radical (unpaired) electrons. The lowest BCUT2D eigenvalue weighted by atomic mass is 10.0. The normalized spacial score (nSPS) is 18.3. The molecular weight excluding hydrogens is 298 g/mol. The molecule has 0 aliphatic carbocycles. The van der Waals surface area contributed by atoms with Crippen LogP contribution in [-0.2, 0) is 11.2 Å². The monoisotopic (exact) mass is 323 g/mol. The number of nitrogens with one attached hydrogen (secondary N) is 1. The Balaban J connectivity index is 1.40.